The summed E-state index contributed by atoms with van der Waals surface area (Å²) in [4.78, 5) is 41.1. The van der Waals surface area contributed by atoms with Crippen LogP contribution in [0.2, 0.25) is 5.02 Å². The maximum atomic E-state index is 12.7. The SMILES string of the molecule is O=C1N=C(Nc2cc(NC(=O)C3CCC3)ccc2Cl)S/C1=C\c1ccc2ncc(N3CCOCC3)nc2c1. The van der Waals surface area contributed by atoms with E-state index in [0.717, 1.165) is 54.8 Å². The van der Waals surface area contributed by atoms with E-state index < -0.39 is 0 Å². The molecule has 2 N–H and O–H groups in total. The average Bonchev–Trinajstić information content (AvgIpc) is 3.23. The minimum absolute atomic E-state index is 0.0228. The quantitative estimate of drug-likeness (QED) is 0.432. The molecule has 11 heteroatoms. The Balaban J connectivity index is 1.16. The summed E-state index contributed by atoms with van der Waals surface area (Å²) in [7, 11) is 0. The van der Waals surface area contributed by atoms with Crippen LogP contribution in [0.4, 0.5) is 17.2 Å². The molecule has 0 unspecified atom stereocenters. The number of fused-ring (bicyclic) bond motifs is 1. The Morgan fingerprint density at radius 1 is 1.13 bits per heavy atom. The highest BCUT2D eigenvalue weighted by Gasteiger charge is 2.26. The van der Waals surface area contributed by atoms with E-state index in [2.05, 4.69) is 25.5 Å². The summed E-state index contributed by atoms with van der Waals surface area (Å²) in [5.74, 6) is 0.579. The van der Waals surface area contributed by atoms with Gasteiger partial charge in [0.15, 0.2) is 5.17 Å². The van der Waals surface area contributed by atoms with Crippen LogP contribution in [0.25, 0.3) is 17.1 Å². The number of aliphatic imine (C=N–C) groups is 1. The van der Waals surface area contributed by atoms with Crippen molar-refractivity contribution in [2.45, 2.75) is 19.3 Å². The number of aromatic nitrogens is 2. The summed E-state index contributed by atoms with van der Waals surface area (Å²) < 4.78 is 5.43. The molecule has 2 amide bonds. The second kappa shape index (κ2) is 10.7. The van der Waals surface area contributed by atoms with Crippen molar-refractivity contribution in [3.8, 4) is 0 Å². The van der Waals surface area contributed by atoms with Crippen LogP contribution in [-0.2, 0) is 14.3 Å². The first-order valence-electron chi connectivity index (χ1n) is 12.5. The highest BCUT2D eigenvalue weighted by molar-refractivity contribution is 8.18. The number of amides is 2. The van der Waals surface area contributed by atoms with E-state index in [9.17, 15) is 9.59 Å². The van der Waals surface area contributed by atoms with Crippen molar-refractivity contribution in [1.82, 2.24) is 9.97 Å². The van der Waals surface area contributed by atoms with Crippen LogP contribution < -0.4 is 15.5 Å². The number of anilines is 3. The van der Waals surface area contributed by atoms with Gasteiger partial charge in [0.2, 0.25) is 5.91 Å². The van der Waals surface area contributed by atoms with E-state index in [4.69, 9.17) is 21.3 Å². The number of morpholine rings is 1. The van der Waals surface area contributed by atoms with Crippen molar-refractivity contribution in [1.29, 1.82) is 0 Å². The molecule has 3 heterocycles. The fourth-order valence-corrected chi connectivity index (χ4v) is 5.39. The van der Waals surface area contributed by atoms with Crippen LogP contribution >= 0.6 is 23.4 Å². The first-order valence-corrected chi connectivity index (χ1v) is 13.7. The summed E-state index contributed by atoms with van der Waals surface area (Å²) in [5, 5.41) is 6.95. The van der Waals surface area contributed by atoms with Crippen LogP contribution in [-0.4, -0.2) is 53.3 Å². The fourth-order valence-electron chi connectivity index (χ4n) is 4.40. The molecule has 0 bridgehead atoms. The Morgan fingerprint density at radius 3 is 2.76 bits per heavy atom. The van der Waals surface area contributed by atoms with Gasteiger partial charge in [-0.1, -0.05) is 24.1 Å². The van der Waals surface area contributed by atoms with E-state index in [-0.39, 0.29) is 17.7 Å². The lowest BCUT2D eigenvalue weighted by Gasteiger charge is -2.27. The molecule has 6 rings (SSSR count). The molecule has 3 aromatic rings. The third-order valence-corrected chi connectivity index (χ3v) is 7.99. The Morgan fingerprint density at radius 2 is 1.97 bits per heavy atom. The highest BCUT2D eigenvalue weighted by atomic mass is 35.5. The van der Waals surface area contributed by atoms with Gasteiger partial charge < -0.3 is 20.3 Å². The first-order chi connectivity index (χ1) is 18.5. The zero-order valence-electron chi connectivity index (χ0n) is 20.4. The van der Waals surface area contributed by atoms with Gasteiger partial charge in [-0.05, 0) is 66.6 Å². The van der Waals surface area contributed by atoms with Crippen molar-refractivity contribution in [2.24, 2.45) is 10.9 Å². The number of ether oxygens (including phenoxy) is 1. The van der Waals surface area contributed by atoms with Crippen molar-refractivity contribution >= 4 is 74.6 Å². The number of hydrogen-bond acceptors (Lipinski definition) is 8. The zero-order valence-corrected chi connectivity index (χ0v) is 22.0. The summed E-state index contributed by atoms with van der Waals surface area (Å²) in [6.45, 7) is 2.91. The van der Waals surface area contributed by atoms with Gasteiger partial charge >= 0.3 is 0 Å². The van der Waals surface area contributed by atoms with Crippen molar-refractivity contribution in [3.05, 3.63) is 58.1 Å². The second-order valence-electron chi connectivity index (χ2n) is 9.35. The predicted octanol–water partition coefficient (Wildman–Crippen LogP) is 4.94. The van der Waals surface area contributed by atoms with Gasteiger partial charge in [0.1, 0.15) is 5.82 Å². The van der Waals surface area contributed by atoms with E-state index in [0.29, 0.717) is 39.7 Å². The van der Waals surface area contributed by atoms with Crippen LogP contribution in [0.3, 0.4) is 0 Å². The minimum Gasteiger partial charge on any atom is -0.378 e. The largest absolute Gasteiger partial charge is 0.378 e. The lowest BCUT2D eigenvalue weighted by molar-refractivity contribution is -0.122. The average molecular weight is 549 g/mol. The summed E-state index contributed by atoms with van der Waals surface area (Å²) in [6, 6.07) is 10.9. The molecule has 2 aromatic carbocycles. The molecule has 194 valence electrons. The van der Waals surface area contributed by atoms with Gasteiger partial charge in [-0.2, -0.15) is 4.99 Å². The standard InChI is InChI=1S/C27H25ClN6O3S/c28-19-6-5-18(30-25(35)17-2-1-3-17)14-21(19)32-27-33-26(36)23(38-27)13-16-4-7-20-22(12-16)31-24(15-29-20)34-8-10-37-11-9-34/h4-7,12-15,17H,1-3,8-11H2,(H,30,35)(H,32,33,36)/b23-13-. The first kappa shape index (κ1) is 24.8. The van der Waals surface area contributed by atoms with Crippen LogP contribution in [0.15, 0.2) is 52.5 Å². The maximum absolute atomic E-state index is 12.7. The van der Waals surface area contributed by atoms with Crippen molar-refractivity contribution in [3.63, 3.8) is 0 Å². The molecule has 9 nitrogen and oxygen atoms in total. The van der Waals surface area contributed by atoms with E-state index in [1.165, 1.54) is 11.8 Å². The molecule has 38 heavy (non-hydrogen) atoms. The molecule has 2 fully saturated rings. The summed E-state index contributed by atoms with van der Waals surface area (Å²) in [5.41, 5.74) is 3.58. The third-order valence-electron chi connectivity index (χ3n) is 6.76. The van der Waals surface area contributed by atoms with Gasteiger partial charge in [0.25, 0.3) is 5.91 Å². The Labute approximate surface area is 228 Å². The number of carbonyl (C=O) groups excluding carboxylic acids is 2. The van der Waals surface area contributed by atoms with Crippen molar-refractivity contribution in [2.75, 3.05) is 41.8 Å². The smallest absolute Gasteiger partial charge is 0.286 e. The lowest BCUT2D eigenvalue weighted by atomic mass is 9.85. The third kappa shape index (κ3) is 5.38. The van der Waals surface area contributed by atoms with E-state index in [1.807, 2.05) is 18.2 Å². The number of nitrogens with one attached hydrogen (secondary N) is 2. The number of rotatable bonds is 5. The highest BCUT2D eigenvalue weighted by Crippen LogP contribution is 2.33. The minimum atomic E-state index is -0.337. The molecule has 0 spiro atoms. The van der Waals surface area contributed by atoms with Crippen LogP contribution in [0, 0.1) is 5.92 Å². The molecular weight excluding hydrogens is 524 g/mol. The molecule has 1 saturated heterocycles. The monoisotopic (exact) mass is 548 g/mol. The number of benzene rings is 2. The Bertz CT molecular complexity index is 1480. The molecule has 2 aliphatic heterocycles. The Kier molecular flexibility index (Phi) is 7.01. The normalized spacial score (nSPS) is 19.0. The summed E-state index contributed by atoms with van der Waals surface area (Å²) >= 11 is 7.61. The van der Waals surface area contributed by atoms with Crippen molar-refractivity contribution < 1.29 is 14.3 Å². The number of hydrogen-bond donors (Lipinski definition) is 2. The van der Waals surface area contributed by atoms with E-state index in [1.54, 1.807) is 30.5 Å². The maximum Gasteiger partial charge on any atom is 0.286 e. The van der Waals surface area contributed by atoms with Gasteiger partial charge in [-0.3, -0.25) is 14.6 Å². The number of thioether (sulfide) groups is 1. The predicted molar refractivity (Wildman–Crippen MR) is 152 cm³/mol. The molecule has 1 saturated carbocycles. The zero-order chi connectivity index (χ0) is 26.1. The molecular formula is C27H25ClN6O3S. The number of halogens is 1. The van der Waals surface area contributed by atoms with Gasteiger partial charge in [-0.25, -0.2) is 4.98 Å². The van der Waals surface area contributed by atoms with Crippen LogP contribution in [0.1, 0.15) is 24.8 Å². The van der Waals surface area contributed by atoms with E-state index >= 15 is 0 Å². The van der Waals surface area contributed by atoms with Gasteiger partial charge in [0.05, 0.1) is 46.1 Å². The number of amidine groups is 1. The van der Waals surface area contributed by atoms with Gasteiger partial charge in [0, 0.05) is 24.7 Å². The molecule has 1 aromatic heterocycles. The topological polar surface area (TPSA) is 109 Å². The van der Waals surface area contributed by atoms with Crippen LogP contribution in [0.5, 0.6) is 0 Å². The number of nitrogens with zero attached hydrogens (tertiary/aromatic N) is 4. The molecule has 0 atom stereocenters. The number of carbonyl (C=O) groups is 2. The summed E-state index contributed by atoms with van der Waals surface area (Å²) in [6.07, 6.45) is 6.52. The fraction of sp³-hybridized carbons (Fsp3) is 0.296. The second-order valence-corrected chi connectivity index (χ2v) is 10.8. The Hall–Kier alpha value is -3.47. The molecule has 1 aliphatic carbocycles. The lowest BCUT2D eigenvalue weighted by Crippen LogP contribution is -2.36. The van der Waals surface area contributed by atoms with Gasteiger partial charge in [-0.15, -0.1) is 0 Å². The molecule has 3 aliphatic rings. The molecule has 0 radical (unpaired) electrons.